The second kappa shape index (κ2) is 5.48. The number of halogens is 2. The fourth-order valence-electron chi connectivity index (χ4n) is 1.77. The maximum Gasteiger partial charge on any atom is 0.242 e. The largest absolute Gasteiger partial charge is 0.350 e. The van der Waals surface area contributed by atoms with Gasteiger partial charge in [0.05, 0.1) is 4.47 Å². The molecule has 0 aliphatic carbocycles. The molecule has 6 heteroatoms. The van der Waals surface area contributed by atoms with E-state index in [9.17, 15) is 14.0 Å². The van der Waals surface area contributed by atoms with Gasteiger partial charge in [-0.1, -0.05) is 6.07 Å². The van der Waals surface area contributed by atoms with Crippen molar-refractivity contribution in [1.82, 2.24) is 10.6 Å². The van der Waals surface area contributed by atoms with E-state index in [0.717, 1.165) is 0 Å². The van der Waals surface area contributed by atoms with Crippen LogP contribution in [0.25, 0.3) is 0 Å². The standard InChI is InChI=1S/C12H12BrFN2O2/c13-8-2-1-7(5-9(8)14)6-15-12(18)10-3-4-11(17)16-10/h1-2,5,10H,3-4,6H2,(H,15,18)(H,16,17)/t10-/m0/s1. The summed E-state index contributed by atoms with van der Waals surface area (Å²) in [5.74, 6) is -0.704. The number of carbonyl (C=O) groups excluding carboxylic acids is 2. The normalized spacial score (nSPS) is 18.6. The SMILES string of the molecule is O=C1CC[C@@H](C(=O)NCc2ccc(Br)c(F)c2)N1. The Balaban J connectivity index is 1.89. The number of benzene rings is 1. The van der Waals surface area contributed by atoms with Crippen LogP contribution < -0.4 is 10.6 Å². The van der Waals surface area contributed by atoms with Gasteiger partial charge in [0.25, 0.3) is 0 Å². The molecule has 1 saturated heterocycles. The van der Waals surface area contributed by atoms with Gasteiger partial charge >= 0.3 is 0 Å². The highest BCUT2D eigenvalue weighted by molar-refractivity contribution is 9.10. The third-order valence-electron chi connectivity index (χ3n) is 2.76. The first-order valence-corrected chi connectivity index (χ1v) is 6.36. The van der Waals surface area contributed by atoms with Gasteiger partial charge < -0.3 is 10.6 Å². The van der Waals surface area contributed by atoms with Crippen molar-refractivity contribution in [1.29, 1.82) is 0 Å². The zero-order valence-electron chi connectivity index (χ0n) is 9.50. The molecule has 0 saturated carbocycles. The molecule has 0 radical (unpaired) electrons. The smallest absolute Gasteiger partial charge is 0.242 e. The summed E-state index contributed by atoms with van der Waals surface area (Å²) < 4.78 is 13.6. The predicted molar refractivity (Wildman–Crippen MR) is 67.1 cm³/mol. The van der Waals surface area contributed by atoms with Crippen LogP contribution in [0.15, 0.2) is 22.7 Å². The van der Waals surface area contributed by atoms with Crippen LogP contribution in [0.1, 0.15) is 18.4 Å². The highest BCUT2D eigenvalue weighted by Crippen LogP contribution is 2.16. The summed E-state index contributed by atoms with van der Waals surface area (Å²) in [6.45, 7) is 0.245. The van der Waals surface area contributed by atoms with Crippen molar-refractivity contribution in [2.75, 3.05) is 0 Å². The second-order valence-corrected chi connectivity index (χ2v) is 4.98. The van der Waals surface area contributed by atoms with Crippen LogP contribution in [0.3, 0.4) is 0 Å². The number of hydrogen-bond donors (Lipinski definition) is 2. The summed E-state index contributed by atoms with van der Waals surface area (Å²) in [6, 6.07) is 4.21. The molecule has 1 atom stereocenters. The quantitative estimate of drug-likeness (QED) is 0.888. The maximum absolute atomic E-state index is 13.2. The van der Waals surface area contributed by atoms with E-state index in [1.165, 1.54) is 6.07 Å². The highest BCUT2D eigenvalue weighted by atomic mass is 79.9. The van der Waals surface area contributed by atoms with E-state index in [2.05, 4.69) is 26.6 Å². The van der Waals surface area contributed by atoms with E-state index in [1.807, 2.05) is 0 Å². The zero-order valence-corrected chi connectivity index (χ0v) is 11.1. The number of nitrogens with one attached hydrogen (secondary N) is 2. The van der Waals surface area contributed by atoms with Crippen molar-refractivity contribution in [2.45, 2.75) is 25.4 Å². The fraction of sp³-hybridized carbons (Fsp3) is 0.333. The molecule has 0 aromatic heterocycles. The molecule has 18 heavy (non-hydrogen) atoms. The molecule has 4 nitrogen and oxygen atoms in total. The number of amides is 2. The molecular formula is C12H12BrFN2O2. The van der Waals surface area contributed by atoms with Crippen LogP contribution >= 0.6 is 15.9 Å². The van der Waals surface area contributed by atoms with Gasteiger partial charge in [0, 0.05) is 13.0 Å². The van der Waals surface area contributed by atoms with Gasteiger partial charge in [0.1, 0.15) is 11.9 Å². The van der Waals surface area contributed by atoms with Crippen LogP contribution in [0, 0.1) is 5.82 Å². The summed E-state index contributed by atoms with van der Waals surface area (Å²) in [5, 5.41) is 5.25. The first kappa shape index (κ1) is 13.0. The van der Waals surface area contributed by atoms with Gasteiger partial charge in [0.15, 0.2) is 0 Å². The van der Waals surface area contributed by atoms with Crippen LogP contribution in [0.4, 0.5) is 4.39 Å². The summed E-state index contributed by atoms with van der Waals surface area (Å²) in [6.07, 6.45) is 0.893. The average molecular weight is 315 g/mol. The molecule has 96 valence electrons. The van der Waals surface area contributed by atoms with Gasteiger partial charge in [-0.3, -0.25) is 9.59 Å². The van der Waals surface area contributed by atoms with E-state index in [-0.39, 0.29) is 24.2 Å². The topological polar surface area (TPSA) is 58.2 Å². The summed E-state index contributed by atoms with van der Waals surface area (Å²) in [7, 11) is 0. The summed E-state index contributed by atoms with van der Waals surface area (Å²) in [4.78, 5) is 22.7. The fourth-order valence-corrected chi connectivity index (χ4v) is 2.02. The van der Waals surface area contributed by atoms with Gasteiger partial charge in [-0.05, 0) is 40.0 Å². The Labute approximate surface area is 112 Å². The average Bonchev–Trinajstić information content (AvgIpc) is 2.77. The molecule has 0 bridgehead atoms. The van der Waals surface area contributed by atoms with E-state index < -0.39 is 6.04 Å². The molecule has 0 spiro atoms. The molecule has 0 unspecified atom stereocenters. The van der Waals surface area contributed by atoms with Crippen molar-refractivity contribution in [3.8, 4) is 0 Å². The Morgan fingerprint density at radius 1 is 1.56 bits per heavy atom. The van der Waals surface area contributed by atoms with Crippen molar-refractivity contribution in [2.24, 2.45) is 0 Å². The van der Waals surface area contributed by atoms with E-state index in [4.69, 9.17) is 0 Å². The van der Waals surface area contributed by atoms with Gasteiger partial charge in [-0.25, -0.2) is 4.39 Å². The Morgan fingerprint density at radius 3 is 2.94 bits per heavy atom. The molecule has 1 fully saturated rings. The van der Waals surface area contributed by atoms with Crippen LogP contribution in [0.5, 0.6) is 0 Å². The molecular weight excluding hydrogens is 303 g/mol. The van der Waals surface area contributed by atoms with Crippen molar-refractivity contribution in [3.63, 3.8) is 0 Å². The molecule has 1 aromatic carbocycles. The third kappa shape index (κ3) is 3.07. The molecule has 1 aliphatic heterocycles. The van der Waals surface area contributed by atoms with Crippen LogP contribution in [-0.2, 0) is 16.1 Å². The van der Waals surface area contributed by atoms with Crippen LogP contribution in [0.2, 0.25) is 0 Å². The maximum atomic E-state index is 13.2. The Kier molecular flexibility index (Phi) is 3.96. The molecule has 1 heterocycles. The third-order valence-corrected chi connectivity index (χ3v) is 3.41. The van der Waals surface area contributed by atoms with Crippen molar-refractivity contribution in [3.05, 3.63) is 34.1 Å². The number of rotatable bonds is 3. The lowest BCUT2D eigenvalue weighted by atomic mass is 10.2. The zero-order chi connectivity index (χ0) is 13.1. The van der Waals surface area contributed by atoms with Gasteiger partial charge in [0.2, 0.25) is 11.8 Å². The Hall–Kier alpha value is -1.43. The molecule has 2 rings (SSSR count). The predicted octanol–water partition coefficient (Wildman–Crippen LogP) is 1.48. The highest BCUT2D eigenvalue weighted by Gasteiger charge is 2.26. The lowest BCUT2D eigenvalue weighted by Gasteiger charge is -2.11. The van der Waals surface area contributed by atoms with Crippen molar-refractivity contribution < 1.29 is 14.0 Å². The minimum atomic E-state index is -0.460. The first-order chi connectivity index (χ1) is 8.56. The molecule has 2 N–H and O–H groups in total. The summed E-state index contributed by atoms with van der Waals surface area (Å²) >= 11 is 3.06. The van der Waals surface area contributed by atoms with Crippen molar-refractivity contribution >= 4 is 27.7 Å². The van der Waals surface area contributed by atoms with Crippen LogP contribution in [-0.4, -0.2) is 17.9 Å². The van der Waals surface area contributed by atoms with Gasteiger partial charge in [-0.2, -0.15) is 0 Å². The molecule has 1 aromatic rings. The number of hydrogen-bond acceptors (Lipinski definition) is 2. The van der Waals surface area contributed by atoms with Gasteiger partial charge in [-0.15, -0.1) is 0 Å². The monoisotopic (exact) mass is 314 g/mol. The second-order valence-electron chi connectivity index (χ2n) is 4.13. The lowest BCUT2D eigenvalue weighted by molar-refractivity contribution is -0.125. The minimum absolute atomic E-state index is 0.107. The molecule has 2 amide bonds. The first-order valence-electron chi connectivity index (χ1n) is 5.57. The van der Waals surface area contributed by atoms with E-state index in [1.54, 1.807) is 12.1 Å². The summed E-state index contributed by atoms with van der Waals surface area (Å²) in [5.41, 5.74) is 0.674. The Morgan fingerprint density at radius 2 is 2.33 bits per heavy atom. The lowest BCUT2D eigenvalue weighted by Crippen LogP contribution is -2.41. The van der Waals surface area contributed by atoms with E-state index >= 15 is 0 Å². The minimum Gasteiger partial charge on any atom is -0.350 e. The number of carbonyl (C=O) groups is 2. The Bertz CT molecular complexity index is 493. The molecule has 1 aliphatic rings. The van der Waals surface area contributed by atoms with E-state index in [0.29, 0.717) is 22.9 Å².